The Bertz CT molecular complexity index is 1380. The van der Waals surface area contributed by atoms with Gasteiger partial charge in [0, 0.05) is 74.0 Å². The van der Waals surface area contributed by atoms with Gasteiger partial charge in [-0.1, -0.05) is 13.0 Å². The van der Waals surface area contributed by atoms with Gasteiger partial charge < -0.3 is 30.5 Å². The first-order valence-corrected chi connectivity index (χ1v) is 14.7. The summed E-state index contributed by atoms with van der Waals surface area (Å²) in [5, 5.41) is 9.79. The highest BCUT2D eigenvalue weighted by atomic mass is 19.3. The lowest BCUT2D eigenvalue weighted by molar-refractivity contribution is -0.120. The Morgan fingerprint density at radius 1 is 1.23 bits per heavy atom. The molecule has 0 spiro atoms. The molecule has 1 aromatic heterocycles. The number of aromatic nitrogens is 1. The van der Waals surface area contributed by atoms with E-state index in [1.54, 1.807) is 18.5 Å². The van der Waals surface area contributed by atoms with E-state index in [4.69, 9.17) is 4.74 Å². The van der Waals surface area contributed by atoms with E-state index in [-0.39, 0.29) is 36.6 Å². The zero-order valence-electron chi connectivity index (χ0n) is 24.3. The van der Waals surface area contributed by atoms with Gasteiger partial charge in [0.15, 0.2) is 5.72 Å². The Morgan fingerprint density at radius 2 is 2.07 bits per heavy atom. The molecule has 1 unspecified atom stereocenters. The summed E-state index contributed by atoms with van der Waals surface area (Å²) in [5.41, 5.74) is -0.232. The molecule has 3 aliphatic heterocycles. The topological polar surface area (TPSA) is 98.8 Å². The van der Waals surface area contributed by atoms with Crippen LogP contribution in [0.25, 0.3) is 0 Å². The predicted octanol–water partition coefficient (Wildman–Crippen LogP) is 3.43. The molecule has 3 aliphatic rings. The van der Waals surface area contributed by atoms with Crippen LogP contribution in [0.1, 0.15) is 54.6 Å². The van der Waals surface area contributed by atoms with Crippen LogP contribution in [0.4, 0.5) is 13.2 Å². The zero-order valence-corrected chi connectivity index (χ0v) is 24.3. The summed E-state index contributed by atoms with van der Waals surface area (Å²) in [6.07, 6.45) is 5.54. The van der Waals surface area contributed by atoms with Gasteiger partial charge in [-0.15, -0.1) is 0 Å². The molecule has 9 nitrogen and oxygen atoms in total. The summed E-state index contributed by atoms with van der Waals surface area (Å²) >= 11 is 0. The number of halogens is 3. The van der Waals surface area contributed by atoms with Gasteiger partial charge in [-0.3, -0.25) is 14.6 Å². The number of alkyl halides is 2. The number of amides is 2. The van der Waals surface area contributed by atoms with Crippen molar-refractivity contribution >= 4 is 11.8 Å². The molecule has 230 valence electrons. The van der Waals surface area contributed by atoms with Crippen LogP contribution in [-0.4, -0.2) is 78.0 Å². The quantitative estimate of drug-likeness (QED) is 0.407. The third kappa shape index (κ3) is 6.40. The van der Waals surface area contributed by atoms with Crippen LogP contribution in [0.2, 0.25) is 0 Å². The molecule has 5 rings (SSSR count). The molecule has 1 aromatic carbocycles. The van der Waals surface area contributed by atoms with Crippen LogP contribution in [0.5, 0.6) is 0 Å². The fourth-order valence-corrected chi connectivity index (χ4v) is 5.95. The van der Waals surface area contributed by atoms with Gasteiger partial charge in [0.25, 0.3) is 18.2 Å². The van der Waals surface area contributed by atoms with Crippen molar-refractivity contribution in [2.24, 2.45) is 0 Å². The lowest BCUT2D eigenvalue weighted by Gasteiger charge is -2.46. The molecular weight excluding hydrogens is 561 g/mol. The van der Waals surface area contributed by atoms with E-state index in [1.165, 1.54) is 4.90 Å². The minimum Gasteiger partial charge on any atom is -0.363 e. The maximum absolute atomic E-state index is 13.9. The molecule has 3 N–H and O–H groups in total. The lowest BCUT2D eigenvalue weighted by Crippen LogP contribution is -2.57. The Hall–Kier alpha value is -3.90. The van der Waals surface area contributed by atoms with E-state index in [1.807, 2.05) is 32.1 Å². The van der Waals surface area contributed by atoms with E-state index in [9.17, 15) is 22.8 Å². The number of ether oxygens (including phenoxy) is 1. The number of nitrogens with one attached hydrogen (secondary N) is 3. The largest absolute Gasteiger partial charge is 0.363 e. The number of piperazine rings is 1. The number of benzene rings is 1. The normalized spacial score (nSPS) is 24.0. The molecule has 0 radical (unpaired) electrons. The summed E-state index contributed by atoms with van der Waals surface area (Å²) in [6, 6.07) is 6.30. The van der Waals surface area contributed by atoms with Crippen molar-refractivity contribution in [1.82, 2.24) is 30.7 Å². The van der Waals surface area contributed by atoms with E-state index >= 15 is 0 Å². The fraction of sp³-hybridized carbons (Fsp3) is 0.452. The number of rotatable bonds is 9. The molecule has 2 fully saturated rings. The first-order valence-electron chi connectivity index (χ1n) is 14.7. The highest BCUT2D eigenvalue weighted by molar-refractivity contribution is 5.96. The predicted molar refractivity (Wildman–Crippen MR) is 154 cm³/mol. The number of carbonyl (C=O) groups is 2. The third-order valence-corrected chi connectivity index (χ3v) is 8.16. The number of hydrogen-bond donors (Lipinski definition) is 3. The van der Waals surface area contributed by atoms with Gasteiger partial charge in [0.1, 0.15) is 11.5 Å². The van der Waals surface area contributed by atoms with Gasteiger partial charge in [-0.2, -0.15) is 0 Å². The average Bonchev–Trinajstić information content (AvgIpc) is 3.54. The van der Waals surface area contributed by atoms with Crippen molar-refractivity contribution in [3.63, 3.8) is 0 Å². The Morgan fingerprint density at radius 3 is 2.74 bits per heavy atom. The molecule has 0 saturated carbocycles. The van der Waals surface area contributed by atoms with Gasteiger partial charge in [-0.25, -0.2) is 13.2 Å². The molecule has 2 saturated heterocycles. The molecule has 2 amide bonds. The van der Waals surface area contributed by atoms with Crippen LogP contribution in [-0.2, 0) is 15.3 Å². The standard InChI is InChI=1S/C31H37F3N6O3/c1-3-23-19-39(30(42)24-8-7-21(32)16-25(24)28(33)34)14-15-40(23)26-9-11-31(43-4-2,20-6-5-12-35-17-20)38-27(26)29(41)37-22-10-13-36-18-22/h5-9,11-12,16-17,22-23,28,36,38H,3-4,10,13-15,18-19H2,1-2H3,(H,37,41)/t22-,23-,31?/m1/s1. The number of nitrogens with zero attached hydrogens (tertiary/aromatic N) is 3. The highest BCUT2D eigenvalue weighted by Gasteiger charge is 2.40. The summed E-state index contributed by atoms with van der Waals surface area (Å²) in [4.78, 5) is 35.1. The second kappa shape index (κ2) is 13.2. The van der Waals surface area contributed by atoms with Crippen molar-refractivity contribution < 1.29 is 27.5 Å². The average molecular weight is 599 g/mol. The molecule has 3 atom stereocenters. The highest BCUT2D eigenvalue weighted by Crippen LogP contribution is 2.34. The van der Waals surface area contributed by atoms with Gasteiger partial charge >= 0.3 is 0 Å². The lowest BCUT2D eigenvalue weighted by atomic mass is 9.97. The molecule has 0 bridgehead atoms. The molecule has 2 aromatic rings. The van der Waals surface area contributed by atoms with Crippen molar-refractivity contribution in [1.29, 1.82) is 0 Å². The molecule has 12 heteroatoms. The Balaban J connectivity index is 1.45. The minimum atomic E-state index is -2.98. The smallest absolute Gasteiger partial charge is 0.269 e. The number of dihydropyridines is 1. The number of pyridine rings is 1. The van der Waals surface area contributed by atoms with Crippen LogP contribution >= 0.6 is 0 Å². The molecule has 0 aliphatic carbocycles. The first-order chi connectivity index (χ1) is 20.8. The SMILES string of the molecule is CCOC1(c2cccnc2)C=CC(N2CCN(C(=O)c3ccc(F)cc3C(F)F)C[C@H]2CC)=C(C(=O)N[C@@H]2CCNC2)N1. The van der Waals surface area contributed by atoms with Gasteiger partial charge in [0.2, 0.25) is 0 Å². The van der Waals surface area contributed by atoms with Crippen LogP contribution in [0, 0.1) is 5.82 Å². The van der Waals surface area contributed by atoms with E-state index in [0.29, 0.717) is 43.6 Å². The number of allylic oxidation sites excluding steroid dienone is 1. The molecule has 4 heterocycles. The monoisotopic (exact) mass is 598 g/mol. The number of hydrogen-bond acceptors (Lipinski definition) is 7. The van der Waals surface area contributed by atoms with Crippen LogP contribution in [0.15, 0.2) is 66.3 Å². The van der Waals surface area contributed by atoms with Crippen molar-refractivity contribution in [3.8, 4) is 0 Å². The second-order valence-corrected chi connectivity index (χ2v) is 10.8. The Kier molecular flexibility index (Phi) is 9.36. The van der Waals surface area contributed by atoms with Crippen molar-refractivity contribution in [2.45, 2.75) is 50.9 Å². The Labute approximate surface area is 249 Å². The first kappa shape index (κ1) is 30.6. The summed E-state index contributed by atoms with van der Waals surface area (Å²) < 4.78 is 47.2. The van der Waals surface area contributed by atoms with Gasteiger partial charge in [0.05, 0.1) is 5.70 Å². The molecule has 43 heavy (non-hydrogen) atoms. The zero-order chi connectivity index (χ0) is 30.6. The maximum Gasteiger partial charge on any atom is 0.269 e. The van der Waals surface area contributed by atoms with E-state index < -0.39 is 29.4 Å². The fourth-order valence-electron chi connectivity index (χ4n) is 5.95. The van der Waals surface area contributed by atoms with Gasteiger partial charge in [-0.05, 0) is 62.7 Å². The van der Waals surface area contributed by atoms with Crippen LogP contribution < -0.4 is 16.0 Å². The van der Waals surface area contributed by atoms with Crippen molar-refractivity contribution in [3.05, 3.63) is 88.8 Å². The summed E-state index contributed by atoms with van der Waals surface area (Å²) in [6.45, 7) is 6.53. The summed E-state index contributed by atoms with van der Waals surface area (Å²) in [5.74, 6) is -1.67. The maximum atomic E-state index is 13.9. The minimum absolute atomic E-state index is 0.0231. The van der Waals surface area contributed by atoms with E-state index in [0.717, 1.165) is 30.7 Å². The van der Waals surface area contributed by atoms with Crippen LogP contribution in [0.3, 0.4) is 0 Å². The van der Waals surface area contributed by atoms with E-state index in [2.05, 4.69) is 25.8 Å². The molecular formula is C31H37F3N6O3. The van der Waals surface area contributed by atoms with Crippen molar-refractivity contribution in [2.75, 3.05) is 39.3 Å². The summed E-state index contributed by atoms with van der Waals surface area (Å²) in [7, 11) is 0. The number of carbonyl (C=O) groups excluding carboxylic acids is 2. The second-order valence-electron chi connectivity index (χ2n) is 10.8. The third-order valence-electron chi connectivity index (χ3n) is 8.16.